The zero-order chi connectivity index (χ0) is 24.1. The van der Waals surface area contributed by atoms with Crippen LogP contribution in [0, 0.1) is 58.2 Å². The number of rotatable bonds is 7. The van der Waals surface area contributed by atoms with Crippen LogP contribution in [0.4, 0.5) is 0 Å². The van der Waals surface area contributed by atoms with E-state index in [2.05, 4.69) is 34.6 Å². The highest BCUT2D eigenvalue weighted by Crippen LogP contribution is 2.68. The zero-order valence-electron chi connectivity index (χ0n) is 21.9. The molecule has 4 nitrogen and oxygen atoms in total. The van der Waals surface area contributed by atoms with E-state index in [1.165, 1.54) is 25.7 Å². The Labute approximate surface area is 202 Å². The maximum Gasteiger partial charge on any atom is 0.0579 e. The summed E-state index contributed by atoms with van der Waals surface area (Å²) in [6.07, 6.45) is 9.12. The van der Waals surface area contributed by atoms with Crippen molar-refractivity contribution in [1.82, 2.24) is 0 Å². The highest BCUT2D eigenvalue weighted by molar-refractivity contribution is 5.13. The van der Waals surface area contributed by atoms with Gasteiger partial charge in [0.1, 0.15) is 0 Å². The monoisotopic (exact) mass is 464 g/mol. The van der Waals surface area contributed by atoms with Gasteiger partial charge in [-0.2, -0.15) is 0 Å². The molecule has 4 heteroatoms. The van der Waals surface area contributed by atoms with Gasteiger partial charge in [0.15, 0.2) is 0 Å². The molecule has 4 aliphatic carbocycles. The minimum Gasteiger partial charge on any atom is -0.396 e. The Bertz CT molecular complexity index is 666. The number of hydrogen-bond donors (Lipinski definition) is 4. The van der Waals surface area contributed by atoms with Gasteiger partial charge < -0.3 is 20.4 Å². The molecule has 0 aliphatic heterocycles. The zero-order valence-corrected chi connectivity index (χ0v) is 21.9. The van der Waals surface area contributed by atoms with Crippen molar-refractivity contribution in [3.05, 3.63) is 0 Å². The summed E-state index contributed by atoms with van der Waals surface area (Å²) in [6.45, 7) is 12.1. The lowest BCUT2D eigenvalue weighted by atomic mass is 9.43. The third-order valence-corrected chi connectivity index (χ3v) is 11.8. The predicted molar refractivity (Wildman–Crippen MR) is 132 cm³/mol. The molecule has 0 amide bonds. The standard InChI is InChI=1S/C29H52O4/c1-17(2)19(10-13-30)7-6-18(3)23-16-26(33)27-21-15-25(32)24-14-20(31)8-11-28(24,4)22(21)9-12-29(23,27)5/h17-27,30-33H,6-16H2,1-5H3/t18?,19?,20-,21?,22?,23?,24?,25?,26+,27?,28+,29+/m0/s1. The maximum absolute atomic E-state index is 11.5. The number of fused-ring (bicyclic) bond motifs is 5. The van der Waals surface area contributed by atoms with E-state index < -0.39 is 0 Å². The van der Waals surface area contributed by atoms with Crippen molar-refractivity contribution in [1.29, 1.82) is 0 Å². The molecule has 192 valence electrons. The minimum atomic E-state index is -0.345. The van der Waals surface area contributed by atoms with Crippen molar-refractivity contribution in [2.75, 3.05) is 6.61 Å². The predicted octanol–water partition coefficient (Wildman–Crippen LogP) is 5.02. The van der Waals surface area contributed by atoms with Gasteiger partial charge in [0.05, 0.1) is 18.3 Å². The van der Waals surface area contributed by atoms with Gasteiger partial charge in [-0.05, 0) is 116 Å². The Kier molecular flexibility index (Phi) is 7.63. The topological polar surface area (TPSA) is 80.9 Å². The van der Waals surface area contributed by atoms with Gasteiger partial charge in [-0.25, -0.2) is 0 Å². The Hall–Kier alpha value is -0.160. The van der Waals surface area contributed by atoms with Gasteiger partial charge in [0.2, 0.25) is 0 Å². The Balaban J connectivity index is 1.51. The van der Waals surface area contributed by atoms with Crippen LogP contribution in [-0.4, -0.2) is 45.3 Å². The molecule has 33 heavy (non-hydrogen) atoms. The fourth-order valence-electron chi connectivity index (χ4n) is 9.93. The second-order valence-corrected chi connectivity index (χ2v) is 13.7. The van der Waals surface area contributed by atoms with Crippen LogP contribution in [0.15, 0.2) is 0 Å². The molecule has 0 radical (unpaired) electrons. The van der Waals surface area contributed by atoms with Crippen molar-refractivity contribution in [3.8, 4) is 0 Å². The van der Waals surface area contributed by atoms with Crippen LogP contribution < -0.4 is 0 Å². The lowest BCUT2D eigenvalue weighted by molar-refractivity contribution is -0.181. The van der Waals surface area contributed by atoms with Gasteiger partial charge in [-0.15, -0.1) is 0 Å². The second-order valence-electron chi connectivity index (χ2n) is 13.7. The first-order valence-corrected chi connectivity index (χ1v) is 14.2. The summed E-state index contributed by atoms with van der Waals surface area (Å²) in [7, 11) is 0. The molecule has 0 aromatic heterocycles. The van der Waals surface area contributed by atoms with Crippen LogP contribution in [0.3, 0.4) is 0 Å². The summed E-state index contributed by atoms with van der Waals surface area (Å²) in [4.78, 5) is 0. The lowest BCUT2D eigenvalue weighted by Gasteiger charge is -2.62. The molecule has 0 spiro atoms. The van der Waals surface area contributed by atoms with Crippen molar-refractivity contribution in [3.63, 3.8) is 0 Å². The normalized spacial score (nSPS) is 49.3. The summed E-state index contributed by atoms with van der Waals surface area (Å²) >= 11 is 0. The van der Waals surface area contributed by atoms with Gasteiger partial charge in [0, 0.05) is 6.61 Å². The van der Waals surface area contributed by atoms with Crippen molar-refractivity contribution >= 4 is 0 Å². The van der Waals surface area contributed by atoms with Crippen LogP contribution in [-0.2, 0) is 0 Å². The fraction of sp³-hybridized carbons (Fsp3) is 1.00. The third-order valence-electron chi connectivity index (χ3n) is 11.8. The van der Waals surface area contributed by atoms with Crippen LogP contribution in [0.25, 0.3) is 0 Å². The Morgan fingerprint density at radius 1 is 0.788 bits per heavy atom. The van der Waals surface area contributed by atoms with Crippen molar-refractivity contribution in [2.24, 2.45) is 58.2 Å². The van der Waals surface area contributed by atoms with E-state index in [-0.39, 0.29) is 41.7 Å². The molecule has 0 bridgehead atoms. The first kappa shape index (κ1) is 25.9. The van der Waals surface area contributed by atoms with E-state index in [0.717, 1.165) is 38.5 Å². The van der Waals surface area contributed by atoms with E-state index in [4.69, 9.17) is 0 Å². The molecular weight excluding hydrogens is 412 g/mol. The van der Waals surface area contributed by atoms with Crippen LogP contribution in [0.5, 0.6) is 0 Å². The van der Waals surface area contributed by atoms with Crippen molar-refractivity contribution < 1.29 is 20.4 Å². The summed E-state index contributed by atoms with van der Waals surface area (Å²) < 4.78 is 0. The SMILES string of the molecule is CC(C)C(CCO)CCC(C)C1C[C@@H](O)C2C3CC(O)C4C[C@@H](O)CC[C@]4(C)C3CC[C@]12C. The smallest absolute Gasteiger partial charge is 0.0579 e. The molecule has 4 fully saturated rings. The van der Waals surface area contributed by atoms with E-state index in [1.807, 2.05) is 0 Å². The van der Waals surface area contributed by atoms with E-state index >= 15 is 0 Å². The quantitative estimate of drug-likeness (QED) is 0.426. The molecule has 0 saturated heterocycles. The summed E-state index contributed by atoms with van der Waals surface area (Å²) in [5.74, 6) is 3.76. The third kappa shape index (κ3) is 4.45. The van der Waals surface area contributed by atoms with Gasteiger partial charge in [0.25, 0.3) is 0 Å². The average molecular weight is 465 g/mol. The summed E-state index contributed by atoms with van der Waals surface area (Å²) in [5, 5.41) is 42.4. The average Bonchev–Trinajstić information content (AvgIpc) is 3.03. The summed E-state index contributed by atoms with van der Waals surface area (Å²) in [5.41, 5.74) is 0.252. The minimum absolute atomic E-state index is 0.0983. The molecule has 4 saturated carbocycles. The molecule has 0 aromatic rings. The number of aliphatic hydroxyl groups is 4. The molecule has 4 N–H and O–H groups in total. The summed E-state index contributed by atoms with van der Waals surface area (Å²) in [6, 6.07) is 0. The number of aliphatic hydroxyl groups excluding tert-OH is 4. The molecule has 8 unspecified atom stereocenters. The van der Waals surface area contributed by atoms with E-state index in [9.17, 15) is 20.4 Å². The van der Waals surface area contributed by atoms with Crippen LogP contribution in [0.1, 0.15) is 98.8 Å². The van der Waals surface area contributed by atoms with Gasteiger partial charge in [-0.1, -0.05) is 41.0 Å². The largest absolute Gasteiger partial charge is 0.396 e. The number of hydrogen-bond acceptors (Lipinski definition) is 4. The van der Waals surface area contributed by atoms with E-state index in [0.29, 0.717) is 41.4 Å². The molecule has 12 atom stereocenters. The Morgan fingerprint density at radius 2 is 1.48 bits per heavy atom. The second kappa shape index (κ2) is 9.71. The highest BCUT2D eigenvalue weighted by atomic mass is 16.3. The van der Waals surface area contributed by atoms with Crippen molar-refractivity contribution in [2.45, 2.75) is 117 Å². The van der Waals surface area contributed by atoms with Gasteiger partial charge in [-0.3, -0.25) is 0 Å². The highest BCUT2D eigenvalue weighted by Gasteiger charge is 2.64. The first-order chi connectivity index (χ1) is 15.5. The molecule has 4 aliphatic rings. The maximum atomic E-state index is 11.5. The first-order valence-electron chi connectivity index (χ1n) is 14.2. The molecule has 0 aromatic carbocycles. The Morgan fingerprint density at radius 3 is 2.15 bits per heavy atom. The van der Waals surface area contributed by atoms with Crippen LogP contribution >= 0.6 is 0 Å². The van der Waals surface area contributed by atoms with Crippen LogP contribution in [0.2, 0.25) is 0 Å². The van der Waals surface area contributed by atoms with Gasteiger partial charge >= 0.3 is 0 Å². The lowest BCUT2D eigenvalue weighted by Crippen LogP contribution is -2.59. The molecular formula is C29H52O4. The molecule has 4 rings (SSSR count). The fourth-order valence-corrected chi connectivity index (χ4v) is 9.93. The molecule has 0 heterocycles. The van der Waals surface area contributed by atoms with E-state index in [1.54, 1.807) is 0 Å².